The highest BCUT2D eigenvalue weighted by Gasteiger charge is 2.48. The first-order valence-corrected chi connectivity index (χ1v) is 24.9. The van der Waals surface area contributed by atoms with Crippen LogP contribution in [0, 0.1) is 42.7 Å². The minimum atomic E-state index is -4.85. The fourth-order valence-corrected chi connectivity index (χ4v) is 10.5. The standard InChI is InChI=1S/C53H59F7N12O2/c1-29(71-22-24-72(25-23-71)42-27-38-46(65-33(5)67-48(38)69-50(42)74-7)63-31(3)36-11-9-13-40(44(36)55)53(58,59)60)14-19-70-20-15-34(16-21-70)52(56,57)39-12-8-10-35(43(39)54)30(2)62-45-37-26-41(51(28-61)17-18-51)49(73-6)68-47(37)66-32(4)64-45/h8-13,26-27,29-31,34H,14-25H2,1-7H3,(H,62,64,66,68)(H,63,65,67,69)/t29?,30-,31-/m1/s1. The van der Waals surface area contributed by atoms with Crippen LogP contribution in [-0.2, 0) is 17.5 Å². The van der Waals surface area contributed by atoms with E-state index in [4.69, 9.17) is 9.47 Å². The fraction of sp³-hybridized carbons (Fsp3) is 0.491. The van der Waals surface area contributed by atoms with Crippen molar-refractivity contribution < 1.29 is 40.2 Å². The predicted molar refractivity (Wildman–Crippen MR) is 267 cm³/mol. The Morgan fingerprint density at radius 2 is 1.24 bits per heavy atom. The summed E-state index contributed by atoms with van der Waals surface area (Å²) in [4.78, 5) is 34.0. The van der Waals surface area contributed by atoms with Crippen LogP contribution in [-0.4, -0.2) is 106 Å². The van der Waals surface area contributed by atoms with E-state index in [1.54, 1.807) is 33.8 Å². The van der Waals surface area contributed by atoms with Crippen molar-refractivity contribution in [3.8, 4) is 17.8 Å². The average Bonchev–Trinajstić information content (AvgIpc) is 4.18. The zero-order valence-electron chi connectivity index (χ0n) is 42.3. The third-order valence-corrected chi connectivity index (χ3v) is 15.0. The molecule has 74 heavy (non-hydrogen) atoms. The lowest BCUT2D eigenvalue weighted by Gasteiger charge is -2.40. The number of piperidine rings is 1. The molecule has 392 valence electrons. The lowest BCUT2D eigenvalue weighted by Crippen LogP contribution is -2.50. The number of hydrogen-bond donors (Lipinski definition) is 2. The molecule has 6 aromatic rings. The second-order valence-corrected chi connectivity index (χ2v) is 19.8. The van der Waals surface area contributed by atoms with Gasteiger partial charge in [0, 0.05) is 54.8 Å². The first kappa shape index (κ1) is 52.2. The number of nitriles is 1. The molecule has 3 fully saturated rings. The molecule has 2 N–H and O–H groups in total. The van der Waals surface area contributed by atoms with Gasteiger partial charge in [0.25, 0.3) is 5.92 Å². The molecule has 3 atom stereocenters. The Hall–Kier alpha value is -6.66. The molecule has 2 aromatic carbocycles. The number of ether oxygens (including phenoxy) is 2. The van der Waals surface area contributed by atoms with Gasteiger partial charge >= 0.3 is 6.18 Å². The van der Waals surface area contributed by atoms with Crippen LogP contribution in [0.25, 0.3) is 22.1 Å². The summed E-state index contributed by atoms with van der Waals surface area (Å²) >= 11 is 0. The van der Waals surface area contributed by atoms with E-state index in [9.17, 15) is 18.4 Å². The van der Waals surface area contributed by atoms with Crippen molar-refractivity contribution in [2.45, 2.75) is 102 Å². The fourth-order valence-electron chi connectivity index (χ4n) is 10.5. The molecule has 14 nitrogen and oxygen atoms in total. The van der Waals surface area contributed by atoms with Gasteiger partial charge in [-0.2, -0.15) is 28.4 Å². The Morgan fingerprint density at radius 1 is 0.716 bits per heavy atom. The Labute approximate surface area is 424 Å². The maximum atomic E-state index is 16.5. The number of fused-ring (bicyclic) bond motifs is 2. The van der Waals surface area contributed by atoms with E-state index in [2.05, 4.69) is 68.2 Å². The first-order chi connectivity index (χ1) is 35.2. The van der Waals surface area contributed by atoms with Crippen molar-refractivity contribution in [1.82, 2.24) is 39.7 Å². The van der Waals surface area contributed by atoms with Crippen LogP contribution >= 0.6 is 0 Å². The van der Waals surface area contributed by atoms with Crippen LogP contribution in [0.3, 0.4) is 0 Å². The second kappa shape index (κ2) is 20.6. The van der Waals surface area contributed by atoms with E-state index in [1.807, 2.05) is 6.07 Å². The maximum absolute atomic E-state index is 16.5. The normalized spacial score (nSPS) is 18.0. The van der Waals surface area contributed by atoms with Gasteiger partial charge in [-0.25, -0.2) is 37.5 Å². The van der Waals surface area contributed by atoms with Crippen LogP contribution in [0.15, 0.2) is 48.5 Å². The molecular formula is C53H59F7N12O2. The van der Waals surface area contributed by atoms with Gasteiger partial charge in [-0.3, -0.25) is 4.90 Å². The summed E-state index contributed by atoms with van der Waals surface area (Å²) in [7, 11) is 3.00. The molecule has 2 aliphatic heterocycles. The number of likely N-dealkylation sites (tertiary alicyclic amines) is 1. The van der Waals surface area contributed by atoms with Crippen LogP contribution in [0.4, 0.5) is 48.1 Å². The summed E-state index contributed by atoms with van der Waals surface area (Å²) in [5, 5.41) is 17.3. The van der Waals surface area contributed by atoms with Gasteiger partial charge in [-0.1, -0.05) is 30.3 Å². The van der Waals surface area contributed by atoms with Gasteiger partial charge in [0.2, 0.25) is 11.8 Å². The number of alkyl halides is 5. The highest BCUT2D eigenvalue weighted by atomic mass is 19.4. The summed E-state index contributed by atoms with van der Waals surface area (Å²) in [5.74, 6) is -4.76. The Balaban J connectivity index is 0.802. The maximum Gasteiger partial charge on any atom is 0.419 e. The van der Waals surface area contributed by atoms with Gasteiger partial charge in [0.1, 0.15) is 40.6 Å². The van der Waals surface area contributed by atoms with Crippen LogP contribution in [0.1, 0.15) is 104 Å². The largest absolute Gasteiger partial charge is 0.481 e. The number of nitrogens with one attached hydrogen (secondary N) is 2. The van der Waals surface area contributed by atoms with Crippen LogP contribution in [0.2, 0.25) is 0 Å². The van der Waals surface area contributed by atoms with Crippen LogP contribution < -0.4 is 25.0 Å². The van der Waals surface area contributed by atoms with Crippen molar-refractivity contribution in [2.75, 3.05) is 75.6 Å². The second-order valence-electron chi connectivity index (χ2n) is 19.8. The summed E-state index contributed by atoms with van der Waals surface area (Å²) in [6, 6.07) is 11.9. The Bertz CT molecular complexity index is 3100. The zero-order valence-corrected chi connectivity index (χ0v) is 42.3. The van der Waals surface area contributed by atoms with Crippen molar-refractivity contribution >= 4 is 39.4 Å². The summed E-state index contributed by atoms with van der Waals surface area (Å²) in [5.41, 5.74) is -0.858. The zero-order chi connectivity index (χ0) is 52.9. The molecule has 0 spiro atoms. The molecule has 0 amide bonds. The summed E-state index contributed by atoms with van der Waals surface area (Å²) in [6.07, 6.45) is -2.32. The van der Waals surface area contributed by atoms with Gasteiger partial charge in [-0.05, 0) is 105 Å². The minimum absolute atomic E-state index is 0.0689. The molecular weight excluding hydrogens is 970 g/mol. The molecule has 21 heteroatoms. The number of methoxy groups -OCH3 is 2. The predicted octanol–water partition coefficient (Wildman–Crippen LogP) is 10.6. The van der Waals surface area contributed by atoms with Crippen molar-refractivity contribution in [1.29, 1.82) is 5.26 Å². The average molecular weight is 1030 g/mol. The highest BCUT2D eigenvalue weighted by molar-refractivity contribution is 5.91. The summed E-state index contributed by atoms with van der Waals surface area (Å²) in [6.45, 7) is 13.0. The van der Waals surface area contributed by atoms with E-state index >= 15 is 17.6 Å². The molecule has 1 unspecified atom stereocenters. The SMILES string of the molecule is COc1nc2nc(C)nc(N[C@H](C)c3cccc(C(F)(F)F)c3F)c2cc1N1CCN(C(C)CCN2CCC(C(F)(F)c3cccc([C@@H](C)Nc4nc(C)nc5nc(OC)c(C6(C#N)CC6)cc45)c3F)CC2)CC1. The van der Waals surface area contributed by atoms with Gasteiger partial charge in [-0.15, -0.1) is 0 Å². The number of piperazine rings is 1. The smallest absolute Gasteiger partial charge is 0.419 e. The molecule has 2 saturated heterocycles. The monoisotopic (exact) mass is 1030 g/mol. The van der Waals surface area contributed by atoms with E-state index in [-0.39, 0.29) is 35.8 Å². The number of halogens is 7. The number of benzene rings is 2. The third-order valence-electron chi connectivity index (χ3n) is 15.0. The number of rotatable bonds is 16. The van der Waals surface area contributed by atoms with Gasteiger partial charge in [0.05, 0.1) is 59.7 Å². The lowest BCUT2D eigenvalue weighted by atomic mass is 9.85. The number of aromatic nitrogens is 6. The number of pyridine rings is 2. The van der Waals surface area contributed by atoms with Gasteiger partial charge in [0.15, 0.2) is 11.3 Å². The topological polar surface area (TPSA) is 153 Å². The molecule has 1 saturated carbocycles. The molecule has 3 aliphatic rings. The summed E-state index contributed by atoms with van der Waals surface area (Å²) < 4.78 is 116. The Morgan fingerprint density at radius 3 is 1.77 bits per heavy atom. The molecule has 9 rings (SSSR count). The Kier molecular flexibility index (Phi) is 14.5. The number of hydrogen-bond acceptors (Lipinski definition) is 14. The lowest BCUT2D eigenvalue weighted by molar-refractivity contribution is -0.140. The molecule has 6 heterocycles. The van der Waals surface area contributed by atoms with E-state index < -0.39 is 58.3 Å². The quantitative estimate of drug-likeness (QED) is 0.0884. The van der Waals surface area contributed by atoms with Crippen molar-refractivity contribution in [3.63, 3.8) is 0 Å². The van der Waals surface area contributed by atoms with Crippen LogP contribution in [0.5, 0.6) is 11.8 Å². The minimum Gasteiger partial charge on any atom is -0.481 e. The number of nitrogens with zero attached hydrogens (tertiary/aromatic N) is 10. The van der Waals surface area contributed by atoms with E-state index in [1.165, 1.54) is 44.6 Å². The van der Waals surface area contributed by atoms with Crippen molar-refractivity contribution in [2.24, 2.45) is 5.92 Å². The molecule has 0 radical (unpaired) electrons. The highest BCUT2D eigenvalue weighted by Crippen LogP contribution is 2.51. The van der Waals surface area contributed by atoms with Crippen molar-refractivity contribution in [3.05, 3.63) is 99.6 Å². The third kappa shape index (κ3) is 10.3. The van der Waals surface area contributed by atoms with E-state index in [0.29, 0.717) is 127 Å². The number of anilines is 3. The molecule has 4 aromatic heterocycles. The van der Waals surface area contributed by atoms with E-state index in [0.717, 1.165) is 6.42 Å². The molecule has 1 aliphatic carbocycles. The molecule has 0 bridgehead atoms. The number of aryl methyl sites for hydroxylation is 2. The van der Waals surface area contributed by atoms with Gasteiger partial charge < -0.3 is 29.9 Å². The first-order valence-electron chi connectivity index (χ1n) is 24.9.